The summed E-state index contributed by atoms with van der Waals surface area (Å²) in [6.07, 6.45) is 0.971. The summed E-state index contributed by atoms with van der Waals surface area (Å²) in [5, 5.41) is 0. The third-order valence-corrected chi connectivity index (χ3v) is 3.43. The highest BCUT2D eigenvalue weighted by atomic mass is 19.4. The number of fused-ring (bicyclic) bond motifs is 1. The zero-order valence-corrected chi connectivity index (χ0v) is 11.8. The molecule has 0 fully saturated rings. The first-order valence-electron chi connectivity index (χ1n) is 6.81. The zero-order chi connectivity index (χ0) is 15.7. The molecule has 2 heterocycles. The summed E-state index contributed by atoms with van der Waals surface area (Å²) >= 11 is 0. The van der Waals surface area contributed by atoms with Crippen molar-refractivity contribution in [2.24, 2.45) is 0 Å². The molecular formula is C15H14F3N3O. The molecule has 0 N–H and O–H groups in total. The summed E-state index contributed by atoms with van der Waals surface area (Å²) < 4.78 is 42.3. The Balaban J connectivity index is 1.76. The molecule has 22 heavy (non-hydrogen) atoms. The lowest BCUT2D eigenvalue weighted by Gasteiger charge is -2.23. The van der Waals surface area contributed by atoms with Crippen LogP contribution in [0.3, 0.4) is 0 Å². The van der Waals surface area contributed by atoms with Gasteiger partial charge in [-0.2, -0.15) is 0 Å². The van der Waals surface area contributed by atoms with Gasteiger partial charge < -0.3 is 14.2 Å². The Kier molecular flexibility index (Phi) is 3.56. The molecule has 0 saturated carbocycles. The minimum absolute atomic E-state index is 0.229. The minimum atomic E-state index is -4.67. The van der Waals surface area contributed by atoms with Crippen LogP contribution in [0.5, 0.6) is 5.75 Å². The number of aryl methyl sites for hydroxylation is 1. The fourth-order valence-electron chi connectivity index (χ4n) is 2.39. The molecule has 2 aromatic rings. The fraction of sp³-hybridized carbons (Fsp3) is 0.267. The lowest BCUT2D eigenvalue weighted by atomic mass is 10.2. The number of alkyl halides is 3. The van der Waals surface area contributed by atoms with Gasteiger partial charge in [-0.1, -0.05) is 0 Å². The van der Waals surface area contributed by atoms with E-state index in [4.69, 9.17) is 0 Å². The van der Waals surface area contributed by atoms with E-state index in [9.17, 15) is 13.2 Å². The molecule has 3 rings (SSSR count). The van der Waals surface area contributed by atoms with E-state index in [0.717, 1.165) is 23.6 Å². The van der Waals surface area contributed by atoms with Gasteiger partial charge in [0, 0.05) is 18.4 Å². The fourth-order valence-corrected chi connectivity index (χ4v) is 2.39. The Hall–Kier alpha value is -2.44. The Bertz CT molecular complexity index is 689. The first-order chi connectivity index (χ1) is 10.5. The maximum Gasteiger partial charge on any atom is 0.573 e. The van der Waals surface area contributed by atoms with Crippen molar-refractivity contribution >= 4 is 11.8 Å². The molecule has 1 aliphatic heterocycles. The van der Waals surface area contributed by atoms with E-state index in [1.54, 1.807) is 18.5 Å². The Morgan fingerprint density at radius 1 is 1.23 bits per heavy atom. The molecule has 0 spiro atoms. The summed E-state index contributed by atoms with van der Waals surface area (Å²) in [5.41, 5.74) is 2.79. The first kappa shape index (κ1) is 14.5. The van der Waals surface area contributed by atoms with E-state index in [1.165, 1.54) is 12.1 Å². The quantitative estimate of drug-likeness (QED) is 0.864. The second-order valence-corrected chi connectivity index (χ2v) is 4.85. The van der Waals surface area contributed by atoms with Crippen LogP contribution in [0, 0.1) is 0 Å². The molecule has 0 amide bonds. The summed E-state index contributed by atoms with van der Waals surface area (Å²) in [5.74, 6) is -0.229. The molecule has 7 heteroatoms. The molecule has 0 radical (unpaired) electrons. The second kappa shape index (κ2) is 5.40. The zero-order valence-electron chi connectivity index (χ0n) is 11.8. The van der Waals surface area contributed by atoms with Crippen molar-refractivity contribution in [2.75, 3.05) is 4.90 Å². The monoisotopic (exact) mass is 309 g/mol. The Morgan fingerprint density at radius 2 is 1.95 bits per heavy atom. The molecule has 1 aromatic carbocycles. The predicted octanol–water partition coefficient (Wildman–Crippen LogP) is 3.79. The largest absolute Gasteiger partial charge is 0.573 e. The van der Waals surface area contributed by atoms with Crippen molar-refractivity contribution in [1.29, 1.82) is 0 Å². The van der Waals surface area contributed by atoms with E-state index in [0.29, 0.717) is 6.54 Å². The van der Waals surface area contributed by atoms with Crippen LogP contribution in [0.4, 0.5) is 18.9 Å². The lowest BCUT2D eigenvalue weighted by molar-refractivity contribution is -0.274. The predicted molar refractivity (Wildman–Crippen MR) is 76.2 cm³/mol. The molecule has 116 valence electrons. The molecule has 0 unspecified atom stereocenters. The van der Waals surface area contributed by atoms with Crippen molar-refractivity contribution in [3.8, 4) is 5.75 Å². The van der Waals surface area contributed by atoms with Crippen LogP contribution in [0.2, 0.25) is 0 Å². The van der Waals surface area contributed by atoms with Gasteiger partial charge in [-0.25, -0.2) is 4.98 Å². The summed E-state index contributed by atoms with van der Waals surface area (Å²) in [7, 11) is 0. The van der Waals surface area contributed by atoms with Crippen LogP contribution in [-0.2, 0) is 13.1 Å². The highest BCUT2D eigenvalue weighted by Crippen LogP contribution is 2.28. The Labute approximate surface area is 125 Å². The van der Waals surface area contributed by atoms with Crippen LogP contribution < -0.4 is 9.64 Å². The normalized spacial score (nSPS) is 14.1. The highest BCUT2D eigenvalue weighted by molar-refractivity contribution is 5.61. The SMILES string of the molecule is CCn1cnc2c1C=CN(c1ccc(OC(F)(F)F)cc1)C2. The number of rotatable bonds is 3. The van der Waals surface area contributed by atoms with E-state index in [2.05, 4.69) is 9.72 Å². The van der Waals surface area contributed by atoms with Crippen LogP contribution >= 0.6 is 0 Å². The topological polar surface area (TPSA) is 30.3 Å². The summed E-state index contributed by atoms with van der Waals surface area (Å²) in [6.45, 7) is 3.47. The smallest absolute Gasteiger partial charge is 0.406 e. The lowest BCUT2D eigenvalue weighted by Crippen LogP contribution is -2.20. The summed E-state index contributed by atoms with van der Waals surface area (Å²) in [4.78, 5) is 6.29. The molecule has 1 aromatic heterocycles. The maximum absolute atomic E-state index is 12.1. The van der Waals surface area contributed by atoms with Crippen molar-refractivity contribution in [3.63, 3.8) is 0 Å². The molecule has 0 saturated heterocycles. The second-order valence-electron chi connectivity index (χ2n) is 4.85. The van der Waals surface area contributed by atoms with Crippen LogP contribution in [0.1, 0.15) is 18.3 Å². The van der Waals surface area contributed by atoms with Gasteiger partial charge in [-0.3, -0.25) is 0 Å². The highest BCUT2D eigenvalue weighted by Gasteiger charge is 2.31. The number of hydrogen-bond acceptors (Lipinski definition) is 3. The molecule has 0 atom stereocenters. The van der Waals surface area contributed by atoms with E-state index in [1.807, 2.05) is 28.7 Å². The molecule has 0 aliphatic carbocycles. The first-order valence-corrected chi connectivity index (χ1v) is 6.81. The average Bonchev–Trinajstić information content (AvgIpc) is 2.88. The molecule has 1 aliphatic rings. The van der Waals surface area contributed by atoms with Gasteiger partial charge in [-0.15, -0.1) is 13.2 Å². The summed E-state index contributed by atoms with van der Waals surface area (Å²) in [6, 6.07) is 5.79. The number of halogens is 3. The van der Waals surface area contributed by atoms with Gasteiger partial charge in [0.05, 0.1) is 24.3 Å². The number of ether oxygens (including phenoxy) is 1. The number of anilines is 1. The van der Waals surface area contributed by atoms with Gasteiger partial charge in [0.25, 0.3) is 0 Å². The number of aromatic nitrogens is 2. The molecule has 0 bridgehead atoms. The van der Waals surface area contributed by atoms with Crippen LogP contribution in [0.25, 0.3) is 6.08 Å². The number of benzene rings is 1. The maximum atomic E-state index is 12.1. The third-order valence-electron chi connectivity index (χ3n) is 3.43. The standard InChI is InChI=1S/C15H14F3N3O/c1-2-20-10-19-13-9-21(8-7-14(13)20)11-3-5-12(6-4-11)22-15(16,17)18/h3-8,10H,2,9H2,1H3. The molecular weight excluding hydrogens is 295 g/mol. The van der Waals surface area contributed by atoms with Crippen LogP contribution in [0.15, 0.2) is 36.8 Å². The van der Waals surface area contributed by atoms with E-state index in [-0.39, 0.29) is 5.75 Å². The van der Waals surface area contributed by atoms with Crippen LogP contribution in [-0.4, -0.2) is 15.9 Å². The molecule has 4 nitrogen and oxygen atoms in total. The van der Waals surface area contributed by atoms with Gasteiger partial charge in [0.15, 0.2) is 0 Å². The van der Waals surface area contributed by atoms with Gasteiger partial charge in [0.1, 0.15) is 5.75 Å². The third kappa shape index (κ3) is 2.93. The van der Waals surface area contributed by atoms with Gasteiger partial charge in [-0.05, 0) is 37.3 Å². The van der Waals surface area contributed by atoms with Crippen molar-refractivity contribution in [2.45, 2.75) is 26.4 Å². The van der Waals surface area contributed by atoms with Crippen molar-refractivity contribution < 1.29 is 17.9 Å². The number of nitrogens with zero attached hydrogens (tertiary/aromatic N) is 3. The average molecular weight is 309 g/mol. The minimum Gasteiger partial charge on any atom is -0.406 e. The van der Waals surface area contributed by atoms with Crippen molar-refractivity contribution in [3.05, 3.63) is 48.2 Å². The number of hydrogen-bond donors (Lipinski definition) is 0. The number of imidazole rings is 1. The van der Waals surface area contributed by atoms with Gasteiger partial charge in [0.2, 0.25) is 0 Å². The van der Waals surface area contributed by atoms with Crippen molar-refractivity contribution in [1.82, 2.24) is 9.55 Å². The Morgan fingerprint density at radius 3 is 2.59 bits per heavy atom. The van der Waals surface area contributed by atoms with E-state index >= 15 is 0 Å². The van der Waals surface area contributed by atoms with Gasteiger partial charge >= 0.3 is 6.36 Å². The van der Waals surface area contributed by atoms with E-state index < -0.39 is 6.36 Å².